The van der Waals surface area contributed by atoms with E-state index in [-0.39, 0.29) is 24.5 Å². The van der Waals surface area contributed by atoms with Crippen LogP contribution in [0.2, 0.25) is 0 Å². The van der Waals surface area contributed by atoms with Gasteiger partial charge in [0, 0.05) is 11.1 Å². The van der Waals surface area contributed by atoms with E-state index in [1.54, 1.807) is 12.1 Å². The Kier molecular flexibility index (Phi) is 8.90. The lowest BCUT2D eigenvalue weighted by Gasteiger charge is -2.22. The molecular weight excluding hydrogens is 438 g/mol. The molecule has 1 amide bonds. The summed E-state index contributed by atoms with van der Waals surface area (Å²) in [7, 11) is 4.34. The minimum Gasteiger partial charge on any atom is -0.493 e. The molecule has 0 bridgehead atoms. The summed E-state index contributed by atoms with van der Waals surface area (Å²) in [4.78, 5) is 36.9. The number of Topliss-reactive ketones (excluding diaryl/α,β-unsaturated/α-hetero) is 1. The minimum absolute atomic E-state index is 0.219. The number of hydrogen-bond acceptors (Lipinski definition) is 7. The molecule has 0 heterocycles. The molecule has 1 aliphatic rings. The first-order valence-electron chi connectivity index (χ1n) is 11.3. The fourth-order valence-electron chi connectivity index (χ4n) is 4.12. The lowest BCUT2D eigenvalue weighted by Crippen LogP contribution is -2.31. The predicted octanol–water partition coefficient (Wildman–Crippen LogP) is 3.92. The van der Waals surface area contributed by atoms with Crippen molar-refractivity contribution >= 4 is 17.7 Å². The van der Waals surface area contributed by atoms with E-state index in [1.807, 2.05) is 12.1 Å². The van der Waals surface area contributed by atoms with Gasteiger partial charge in [0.2, 0.25) is 5.75 Å². The third kappa shape index (κ3) is 6.27. The molecule has 3 rings (SSSR count). The number of benzene rings is 2. The van der Waals surface area contributed by atoms with E-state index in [1.165, 1.54) is 71.1 Å². The summed E-state index contributed by atoms with van der Waals surface area (Å²) in [5.74, 6) is 0.00822. The van der Waals surface area contributed by atoms with Gasteiger partial charge in [0.15, 0.2) is 23.9 Å². The molecule has 1 fully saturated rings. The highest BCUT2D eigenvalue weighted by molar-refractivity contribution is 5.99. The molecule has 2 aromatic rings. The van der Waals surface area contributed by atoms with Gasteiger partial charge in [-0.15, -0.1) is 0 Å². The van der Waals surface area contributed by atoms with Crippen LogP contribution >= 0.6 is 0 Å². The van der Waals surface area contributed by atoms with E-state index >= 15 is 0 Å². The monoisotopic (exact) mass is 469 g/mol. The van der Waals surface area contributed by atoms with Gasteiger partial charge in [-0.25, -0.2) is 0 Å². The number of amides is 1. The van der Waals surface area contributed by atoms with Crippen molar-refractivity contribution in [3.63, 3.8) is 0 Å². The van der Waals surface area contributed by atoms with Crippen LogP contribution in [0.25, 0.3) is 0 Å². The van der Waals surface area contributed by atoms with Gasteiger partial charge in [0.05, 0.1) is 21.3 Å². The van der Waals surface area contributed by atoms with Gasteiger partial charge in [-0.2, -0.15) is 0 Å². The van der Waals surface area contributed by atoms with Crippen molar-refractivity contribution in [2.75, 3.05) is 34.5 Å². The Labute approximate surface area is 199 Å². The summed E-state index contributed by atoms with van der Waals surface area (Å²) in [6.07, 6.45) is 6.16. The summed E-state index contributed by atoms with van der Waals surface area (Å²) < 4.78 is 20.7. The number of ketones is 1. The zero-order valence-electron chi connectivity index (χ0n) is 19.8. The van der Waals surface area contributed by atoms with Crippen molar-refractivity contribution in [1.82, 2.24) is 5.32 Å². The molecule has 8 nitrogen and oxygen atoms in total. The normalized spacial score (nSPS) is 13.6. The highest BCUT2D eigenvalue weighted by atomic mass is 16.5. The summed E-state index contributed by atoms with van der Waals surface area (Å²) in [5, 5.41) is 2.47. The third-order valence-corrected chi connectivity index (χ3v) is 5.99. The fraction of sp³-hybridized carbons (Fsp3) is 0.423. The SMILES string of the molecule is COc1cc(C(=O)NCC(=O)OCC(=O)c2ccc(C3CCCCC3)cc2)cc(OC)c1OC. The largest absolute Gasteiger partial charge is 0.493 e. The number of esters is 1. The van der Waals surface area contributed by atoms with E-state index in [0.717, 1.165) is 0 Å². The molecule has 182 valence electrons. The van der Waals surface area contributed by atoms with Crippen molar-refractivity contribution in [2.45, 2.75) is 38.0 Å². The molecule has 0 spiro atoms. The number of carbonyl (C=O) groups excluding carboxylic acids is 3. The fourth-order valence-corrected chi connectivity index (χ4v) is 4.12. The van der Waals surface area contributed by atoms with Crippen LogP contribution in [-0.2, 0) is 9.53 Å². The molecule has 0 unspecified atom stereocenters. The van der Waals surface area contributed by atoms with Crippen molar-refractivity contribution in [1.29, 1.82) is 0 Å². The molecule has 8 heteroatoms. The summed E-state index contributed by atoms with van der Waals surface area (Å²) in [5.41, 5.74) is 1.97. The average Bonchev–Trinajstić information content (AvgIpc) is 2.89. The summed E-state index contributed by atoms with van der Waals surface area (Å²) in [6.45, 7) is -0.773. The van der Waals surface area contributed by atoms with Crippen molar-refractivity contribution in [3.8, 4) is 17.2 Å². The van der Waals surface area contributed by atoms with Gasteiger partial charge in [-0.05, 0) is 36.5 Å². The van der Waals surface area contributed by atoms with Gasteiger partial charge < -0.3 is 24.3 Å². The van der Waals surface area contributed by atoms with Gasteiger partial charge in [-0.3, -0.25) is 14.4 Å². The lowest BCUT2D eigenvalue weighted by molar-refractivity contribution is -0.141. The number of rotatable bonds is 10. The molecule has 1 aliphatic carbocycles. The molecular formula is C26H31NO7. The Balaban J connectivity index is 1.49. The second-order valence-electron chi connectivity index (χ2n) is 8.14. The van der Waals surface area contributed by atoms with Crippen LogP contribution in [0.4, 0.5) is 0 Å². The standard InChI is InChI=1S/C26H31NO7/c1-31-22-13-20(14-23(32-2)25(22)33-3)26(30)27-15-24(29)34-16-21(28)19-11-9-18(10-12-19)17-7-5-4-6-8-17/h9-14,17H,4-8,15-16H2,1-3H3,(H,27,30). The van der Waals surface area contributed by atoms with E-state index in [9.17, 15) is 14.4 Å². The highest BCUT2D eigenvalue weighted by Crippen LogP contribution is 2.38. The smallest absolute Gasteiger partial charge is 0.325 e. The zero-order valence-corrected chi connectivity index (χ0v) is 19.8. The zero-order chi connectivity index (χ0) is 24.5. The molecule has 0 saturated heterocycles. The summed E-state index contributed by atoms with van der Waals surface area (Å²) in [6, 6.07) is 10.5. The number of ether oxygens (including phenoxy) is 4. The second kappa shape index (κ2) is 12.1. The van der Waals surface area contributed by atoms with Crippen LogP contribution < -0.4 is 19.5 Å². The minimum atomic E-state index is -0.715. The summed E-state index contributed by atoms with van der Waals surface area (Å²) >= 11 is 0. The Bertz CT molecular complexity index is 985. The Morgan fingerprint density at radius 1 is 0.853 bits per heavy atom. The number of carbonyl (C=O) groups is 3. The number of nitrogens with one attached hydrogen (secondary N) is 1. The first-order valence-corrected chi connectivity index (χ1v) is 11.3. The first-order chi connectivity index (χ1) is 16.5. The van der Waals surface area contributed by atoms with Crippen LogP contribution in [0.3, 0.4) is 0 Å². The molecule has 2 aromatic carbocycles. The quantitative estimate of drug-likeness (QED) is 0.416. The number of methoxy groups -OCH3 is 3. The van der Waals surface area contributed by atoms with Crippen LogP contribution in [0.1, 0.15) is 64.3 Å². The molecule has 1 N–H and O–H groups in total. The van der Waals surface area contributed by atoms with Gasteiger partial charge in [0.1, 0.15) is 6.54 Å². The molecule has 0 radical (unpaired) electrons. The van der Waals surface area contributed by atoms with Crippen LogP contribution in [0.15, 0.2) is 36.4 Å². The Hall–Kier alpha value is -3.55. The maximum Gasteiger partial charge on any atom is 0.325 e. The second-order valence-corrected chi connectivity index (χ2v) is 8.14. The van der Waals surface area contributed by atoms with Gasteiger partial charge >= 0.3 is 5.97 Å². The molecule has 34 heavy (non-hydrogen) atoms. The average molecular weight is 470 g/mol. The van der Waals surface area contributed by atoms with Gasteiger partial charge in [0.25, 0.3) is 5.91 Å². The predicted molar refractivity (Wildman–Crippen MR) is 126 cm³/mol. The third-order valence-electron chi connectivity index (χ3n) is 5.99. The van der Waals surface area contributed by atoms with E-state index in [4.69, 9.17) is 18.9 Å². The Morgan fingerprint density at radius 3 is 2.03 bits per heavy atom. The first kappa shape index (κ1) is 25.1. The van der Waals surface area contributed by atoms with Crippen LogP contribution in [0, 0.1) is 0 Å². The maximum atomic E-state index is 12.5. The molecule has 0 atom stereocenters. The van der Waals surface area contributed by atoms with E-state index in [2.05, 4.69) is 5.32 Å². The maximum absolute atomic E-state index is 12.5. The van der Waals surface area contributed by atoms with Crippen molar-refractivity contribution in [2.24, 2.45) is 0 Å². The van der Waals surface area contributed by atoms with Crippen molar-refractivity contribution in [3.05, 3.63) is 53.1 Å². The molecule has 1 saturated carbocycles. The van der Waals surface area contributed by atoms with E-state index in [0.29, 0.717) is 28.7 Å². The van der Waals surface area contributed by atoms with Crippen LogP contribution in [-0.4, -0.2) is 52.1 Å². The topological polar surface area (TPSA) is 100 Å². The molecule has 0 aliphatic heterocycles. The van der Waals surface area contributed by atoms with Gasteiger partial charge in [-0.1, -0.05) is 43.5 Å². The Morgan fingerprint density at radius 2 is 1.47 bits per heavy atom. The lowest BCUT2D eigenvalue weighted by atomic mass is 9.84. The van der Waals surface area contributed by atoms with E-state index < -0.39 is 11.9 Å². The van der Waals surface area contributed by atoms with Crippen LogP contribution in [0.5, 0.6) is 17.2 Å². The molecule has 0 aromatic heterocycles. The number of hydrogen-bond donors (Lipinski definition) is 1. The van der Waals surface area contributed by atoms with Crippen molar-refractivity contribution < 1.29 is 33.3 Å². The highest BCUT2D eigenvalue weighted by Gasteiger charge is 2.19.